The van der Waals surface area contributed by atoms with Crippen molar-refractivity contribution in [3.8, 4) is 12.3 Å². The van der Waals surface area contributed by atoms with Crippen molar-refractivity contribution in [1.29, 1.82) is 0 Å². The van der Waals surface area contributed by atoms with Crippen LogP contribution in [0.2, 0.25) is 0 Å². The molecule has 1 atom stereocenters. The van der Waals surface area contributed by atoms with Gasteiger partial charge in [0.25, 0.3) is 11.6 Å². The molecule has 0 aromatic carbocycles. The van der Waals surface area contributed by atoms with Crippen LogP contribution in [0.4, 0.5) is 5.69 Å². The fourth-order valence-electron chi connectivity index (χ4n) is 1.42. The Bertz CT molecular complexity index is 569. The number of hydrogen-bond acceptors (Lipinski definition) is 4. The SMILES string of the molecule is C#CCC(NC(=O)c1cc([N+](=O)[O-])cn1C)C(=O)O. The van der Waals surface area contributed by atoms with Crippen molar-refractivity contribution in [2.45, 2.75) is 12.5 Å². The molecule has 2 N–H and O–H groups in total. The molecule has 1 heterocycles. The maximum absolute atomic E-state index is 11.8. The van der Waals surface area contributed by atoms with Gasteiger partial charge in [-0.05, 0) is 0 Å². The third kappa shape index (κ3) is 3.32. The largest absolute Gasteiger partial charge is 0.480 e. The summed E-state index contributed by atoms with van der Waals surface area (Å²) in [6, 6.07) is -0.170. The molecule has 8 nitrogen and oxygen atoms in total. The predicted octanol–water partition coefficient (Wildman–Crippen LogP) is 0.140. The van der Waals surface area contributed by atoms with Gasteiger partial charge in [0.15, 0.2) is 0 Å². The number of amides is 1. The van der Waals surface area contributed by atoms with E-state index >= 15 is 0 Å². The van der Waals surface area contributed by atoms with Gasteiger partial charge in [0.05, 0.1) is 11.1 Å². The van der Waals surface area contributed by atoms with E-state index in [1.807, 2.05) is 0 Å². The van der Waals surface area contributed by atoms with Gasteiger partial charge in [-0.25, -0.2) is 4.79 Å². The normalized spacial score (nSPS) is 11.4. The lowest BCUT2D eigenvalue weighted by atomic mass is 10.2. The lowest BCUT2D eigenvalue weighted by molar-refractivity contribution is -0.384. The summed E-state index contributed by atoms with van der Waals surface area (Å²) in [6.07, 6.45) is 5.98. The lowest BCUT2D eigenvalue weighted by Gasteiger charge is -2.11. The molecule has 100 valence electrons. The zero-order valence-electron chi connectivity index (χ0n) is 9.99. The maximum Gasteiger partial charge on any atom is 0.327 e. The lowest BCUT2D eigenvalue weighted by Crippen LogP contribution is -2.41. The number of rotatable bonds is 5. The third-order valence-corrected chi connectivity index (χ3v) is 2.36. The van der Waals surface area contributed by atoms with Crippen LogP contribution >= 0.6 is 0 Å². The van der Waals surface area contributed by atoms with Crippen LogP contribution in [0.1, 0.15) is 16.9 Å². The van der Waals surface area contributed by atoms with Gasteiger partial charge in [0.2, 0.25) is 0 Å². The molecule has 0 saturated heterocycles. The molecule has 0 aliphatic carbocycles. The van der Waals surface area contributed by atoms with Crippen molar-refractivity contribution >= 4 is 17.6 Å². The van der Waals surface area contributed by atoms with Crippen molar-refractivity contribution in [2.24, 2.45) is 7.05 Å². The molecule has 1 aromatic rings. The molecule has 0 saturated carbocycles. The average molecular weight is 265 g/mol. The molecule has 0 fully saturated rings. The molecular weight excluding hydrogens is 254 g/mol. The minimum absolute atomic E-state index is 0.0185. The smallest absolute Gasteiger partial charge is 0.327 e. The van der Waals surface area contributed by atoms with Crippen LogP contribution in [0.15, 0.2) is 12.3 Å². The predicted molar refractivity (Wildman–Crippen MR) is 64.4 cm³/mol. The first-order chi connectivity index (χ1) is 8.86. The number of hydrogen-bond donors (Lipinski definition) is 2. The van der Waals surface area contributed by atoms with E-state index in [1.165, 1.54) is 11.6 Å². The van der Waals surface area contributed by atoms with Crippen LogP contribution in [-0.4, -0.2) is 32.5 Å². The highest BCUT2D eigenvalue weighted by atomic mass is 16.6. The number of nitro groups is 1. The number of carbonyl (C=O) groups excluding carboxylic acids is 1. The Morgan fingerprint density at radius 1 is 1.68 bits per heavy atom. The van der Waals surface area contributed by atoms with Gasteiger partial charge >= 0.3 is 5.97 Å². The van der Waals surface area contributed by atoms with E-state index in [2.05, 4.69) is 11.2 Å². The van der Waals surface area contributed by atoms with Crippen molar-refractivity contribution in [1.82, 2.24) is 9.88 Å². The van der Waals surface area contributed by atoms with E-state index in [9.17, 15) is 19.7 Å². The van der Waals surface area contributed by atoms with Gasteiger partial charge < -0.3 is 15.0 Å². The fraction of sp³-hybridized carbons (Fsp3) is 0.273. The number of aromatic nitrogens is 1. The van der Waals surface area contributed by atoms with Crippen LogP contribution in [0.25, 0.3) is 0 Å². The van der Waals surface area contributed by atoms with Gasteiger partial charge in [-0.15, -0.1) is 12.3 Å². The van der Waals surface area contributed by atoms with Crippen molar-refractivity contribution in [3.63, 3.8) is 0 Å². The number of aliphatic carboxylic acids is 1. The number of carboxylic acid groups (broad SMARTS) is 1. The fourth-order valence-corrected chi connectivity index (χ4v) is 1.42. The summed E-state index contributed by atoms with van der Waals surface area (Å²) in [6.45, 7) is 0. The zero-order valence-corrected chi connectivity index (χ0v) is 9.99. The quantitative estimate of drug-likeness (QED) is 0.446. The van der Waals surface area contributed by atoms with Gasteiger partial charge in [0, 0.05) is 19.5 Å². The van der Waals surface area contributed by atoms with Gasteiger partial charge in [-0.2, -0.15) is 0 Å². The Labute approximate surface area is 108 Å². The first kappa shape index (κ1) is 14.2. The number of nitrogens with one attached hydrogen (secondary N) is 1. The monoisotopic (exact) mass is 265 g/mol. The van der Waals surface area contributed by atoms with E-state index < -0.39 is 22.8 Å². The molecule has 0 spiro atoms. The first-order valence-electron chi connectivity index (χ1n) is 5.14. The molecule has 19 heavy (non-hydrogen) atoms. The second kappa shape index (κ2) is 5.68. The molecule has 1 unspecified atom stereocenters. The molecule has 0 aliphatic rings. The van der Waals surface area contributed by atoms with E-state index in [4.69, 9.17) is 11.5 Å². The summed E-state index contributed by atoms with van der Waals surface area (Å²) in [4.78, 5) is 32.5. The molecule has 1 aromatic heterocycles. The Morgan fingerprint density at radius 2 is 2.32 bits per heavy atom. The van der Waals surface area contributed by atoms with Gasteiger partial charge in [0.1, 0.15) is 11.7 Å². The van der Waals surface area contributed by atoms with E-state index in [0.29, 0.717) is 0 Å². The Morgan fingerprint density at radius 3 is 2.74 bits per heavy atom. The number of carbonyl (C=O) groups is 2. The summed E-state index contributed by atoms with van der Waals surface area (Å²) >= 11 is 0. The molecular formula is C11H11N3O5. The van der Waals surface area contributed by atoms with E-state index in [0.717, 1.165) is 12.3 Å². The van der Waals surface area contributed by atoms with Crippen LogP contribution in [0.5, 0.6) is 0 Å². The second-order valence-corrected chi connectivity index (χ2v) is 3.72. The van der Waals surface area contributed by atoms with Crippen molar-refractivity contribution in [2.75, 3.05) is 0 Å². The Hall–Kier alpha value is -2.82. The highest BCUT2D eigenvalue weighted by molar-refractivity contribution is 5.96. The minimum Gasteiger partial charge on any atom is -0.480 e. The molecule has 0 radical (unpaired) electrons. The number of nitrogens with zero attached hydrogens (tertiary/aromatic N) is 2. The molecule has 0 bridgehead atoms. The van der Waals surface area contributed by atoms with E-state index in [1.54, 1.807) is 0 Å². The minimum atomic E-state index is -1.27. The first-order valence-corrected chi connectivity index (χ1v) is 5.14. The van der Waals surface area contributed by atoms with Crippen LogP contribution in [-0.2, 0) is 11.8 Å². The highest BCUT2D eigenvalue weighted by Crippen LogP contribution is 2.15. The van der Waals surface area contributed by atoms with Crippen molar-refractivity contribution in [3.05, 3.63) is 28.1 Å². The standard InChI is InChI=1S/C11H11N3O5/c1-3-4-8(11(16)17)12-10(15)9-5-7(14(18)19)6-13(9)2/h1,5-6,8H,4H2,2H3,(H,12,15)(H,16,17). The third-order valence-electron chi connectivity index (χ3n) is 2.36. The maximum atomic E-state index is 11.8. The molecule has 0 aliphatic heterocycles. The average Bonchev–Trinajstić information content (AvgIpc) is 2.70. The highest BCUT2D eigenvalue weighted by Gasteiger charge is 2.23. The van der Waals surface area contributed by atoms with Crippen LogP contribution in [0.3, 0.4) is 0 Å². The van der Waals surface area contributed by atoms with Crippen LogP contribution in [0, 0.1) is 22.5 Å². The summed E-state index contributed by atoms with van der Waals surface area (Å²) in [5.74, 6) is 0.127. The topological polar surface area (TPSA) is 114 Å². The summed E-state index contributed by atoms with van der Waals surface area (Å²) in [5.41, 5.74) is -0.272. The van der Waals surface area contributed by atoms with E-state index in [-0.39, 0.29) is 17.8 Å². The van der Waals surface area contributed by atoms with Crippen molar-refractivity contribution < 1.29 is 19.6 Å². The second-order valence-electron chi connectivity index (χ2n) is 3.72. The molecule has 1 amide bonds. The molecule has 1 rings (SSSR count). The Balaban J connectivity index is 2.92. The van der Waals surface area contributed by atoms with Gasteiger partial charge in [-0.3, -0.25) is 14.9 Å². The summed E-state index contributed by atoms with van der Waals surface area (Å²) < 4.78 is 1.24. The van der Waals surface area contributed by atoms with Gasteiger partial charge in [-0.1, -0.05) is 0 Å². The number of aryl methyl sites for hydroxylation is 1. The zero-order chi connectivity index (χ0) is 14.6. The number of terminal acetylenes is 1. The Kier molecular flexibility index (Phi) is 4.26. The van der Waals surface area contributed by atoms with Crippen LogP contribution < -0.4 is 5.32 Å². The number of carboxylic acids is 1. The molecule has 8 heteroatoms. The summed E-state index contributed by atoms with van der Waals surface area (Å²) in [7, 11) is 1.44. The summed E-state index contributed by atoms with van der Waals surface area (Å²) in [5, 5.41) is 21.6.